The SMILES string of the molecule is CC(C)Oc1ccc(CNC(=O)N2CCCCC2C)cc1. The van der Waals surface area contributed by atoms with E-state index in [-0.39, 0.29) is 12.1 Å². The summed E-state index contributed by atoms with van der Waals surface area (Å²) in [7, 11) is 0. The number of likely N-dealkylation sites (tertiary alicyclic amines) is 1. The summed E-state index contributed by atoms with van der Waals surface area (Å²) in [6.45, 7) is 7.57. The number of urea groups is 1. The lowest BCUT2D eigenvalue weighted by Crippen LogP contribution is -2.47. The van der Waals surface area contributed by atoms with Gasteiger partial charge in [0.05, 0.1) is 6.10 Å². The molecule has 0 radical (unpaired) electrons. The van der Waals surface area contributed by atoms with Crippen LogP contribution < -0.4 is 10.1 Å². The number of hydrogen-bond donors (Lipinski definition) is 1. The van der Waals surface area contributed by atoms with E-state index in [1.54, 1.807) is 0 Å². The van der Waals surface area contributed by atoms with Crippen LogP contribution in [-0.2, 0) is 6.54 Å². The Morgan fingerprint density at radius 2 is 2.05 bits per heavy atom. The molecule has 116 valence electrons. The minimum atomic E-state index is 0.0460. The Balaban J connectivity index is 1.83. The lowest BCUT2D eigenvalue weighted by Gasteiger charge is -2.33. The van der Waals surface area contributed by atoms with Crippen molar-refractivity contribution in [2.75, 3.05) is 6.54 Å². The van der Waals surface area contributed by atoms with Crippen LogP contribution in [0.2, 0.25) is 0 Å². The van der Waals surface area contributed by atoms with Crippen LogP contribution in [-0.4, -0.2) is 29.6 Å². The quantitative estimate of drug-likeness (QED) is 0.921. The van der Waals surface area contributed by atoms with E-state index in [1.807, 2.05) is 43.0 Å². The van der Waals surface area contributed by atoms with Crippen molar-refractivity contribution in [1.29, 1.82) is 0 Å². The lowest BCUT2D eigenvalue weighted by atomic mass is 10.0. The highest BCUT2D eigenvalue weighted by atomic mass is 16.5. The van der Waals surface area contributed by atoms with Crippen LogP contribution in [0.25, 0.3) is 0 Å². The molecule has 1 unspecified atom stereocenters. The second-order valence-corrected chi connectivity index (χ2v) is 6.01. The molecular weight excluding hydrogens is 264 g/mol. The van der Waals surface area contributed by atoms with Crippen LogP contribution in [0.1, 0.15) is 45.6 Å². The number of nitrogens with zero attached hydrogens (tertiary/aromatic N) is 1. The normalized spacial score (nSPS) is 18.7. The summed E-state index contributed by atoms with van der Waals surface area (Å²) in [6.07, 6.45) is 3.62. The Kier molecular flexibility index (Phi) is 5.48. The first-order chi connectivity index (χ1) is 10.1. The molecule has 2 amide bonds. The average Bonchev–Trinajstić information content (AvgIpc) is 2.46. The molecule has 1 aromatic rings. The van der Waals surface area contributed by atoms with Gasteiger partial charge in [-0.25, -0.2) is 4.79 Å². The van der Waals surface area contributed by atoms with Gasteiger partial charge in [0.1, 0.15) is 5.75 Å². The monoisotopic (exact) mass is 290 g/mol. The maximum atomic E-state index is 12.2. The zero-order valence-corrected chi connectivity index (χ0v) is 13.3. The first-order valence-electron chi connectivity index (χ1n) is 7.86. The maximum Gasteiger partial charge on any atom is 0.317 e. The first kappa shape index (κ1) is 15.7. The highest BCUT2D eigenvalue weighted by Crippen LogP contribution is 2.17. The minimum Gasteiger partial charge on any atom is -0.491 e. The smallest absolute Gasteiger partial charge is 0.317 e. The van der Waals surface area contributed by atoms with E-state index in [0.29, 0.717) is 12.6 Å². The summed E-state index contributed by atoms with van der Waals surface area (Å²) >= 11 is 0. The molecule has 1 N–H and O–H groups in total. The van der Waals surface area contributed by atoms with Crippen LogP contribution in [0.15, 0.2) is 24.3 Å². The van der Waals surface area contributed by atoms with Crippen molar-refractivity contribution in [3.05, 3.63) is 29.8 Å². The van der Waals surface area contributed by atoms with Gasteiger partial charge in [0.25, 0.3) is 0 Å². The van der Waals surface area contributed by atoms with Gasteiger partial charge in [0.2, 0.25) is 0 Å². The van der Waals surface area contributed by atoms with Gasteiger partial charge in [-0.2, -0.15) is 0 Å². The Morgan fingerprint density at radius 1 is 1.33 bits per heavy atom. The van der Waals surface area contributed by atoms with Crippen molar-refractivity contribution in [3.63, 3.8) is 0 Å². The van der Waals surface area contributed by atoms with E-state index >= 15 is 0 Å². The molecule has 1 saturated heterocycles. The molecule has 1 aromatic carbocycles. The fourth-order valence-electron chi connectivity index (χ4n) is 2.64. The van der Waals surface area contributed by atoms with Crippen molar-refractivity contribution >= 4 is 6.03 Å². The van der Waals surface area contributed by atoms with Crippen molar-refractivity contribution in [2.45, 2.75) is 58.7 Å². The summed E-state index contributed by atoms with van der Waals surface area (Å²) in [5, 5.41) is 3.01. The van der Waals surface area contributed by atoms with Crippen LogP contribution in [0.5, 0.6) is 5.75 Å². The van der Waals surface area contributed by atoms with E-state index < -0.39 is 0 Å². The van der Waals surface area contributed by atoms with Gasteiger partial charge in [-0.1, -0.05) is 12.1 Å². The topological polar surface area (TPSA) is 41.6 Å². The molecule has 1 aliphatic rings. The third-order valence-corrected chi connectivity index (χ3v) is 3.80. The predicted molar refractivity (Wildman–Crippen MR) is 84.5 cm³/mol. The van der Waals surface area contributed by atoms with Crippen LogP contribution >= 0.6 is 0 Å². The molecule has 0 saturated carbocycles. The van der Waals surface area contributed by atoms with E-state index in [1.165, 1.54) is 6.42 Å². The second-order valence-electron chi connectivity index (χ2n) is 6.01. The summed E-state index contributed by atoms with van der Waals surface area (Å²) < 4.78 is 5.61. The zero-order valence-electron chi connectivity index (χ0n) is 13.3. The van der Waals surface area contributed by atoms with Gasteiger partial charge < -0.3 is 15.0 Å². The van der Waals surface area contributed by atoms with Gasteiger partial charge in [-0.3, -0.25) is 0 Å². The molecule has 0 spiro atoms. The molecule has 4 nitrogen and oxygen atoms in total. The number of hydrogen-bond acceptors (Lipinski definition) is 2. The average molecular weight is 290 g/mol. The molecule has 1 atom stereocenters. The number of ether oxygens (including phenoxy) is 1. The van der Waals surface area contributed by atoms with E-state index in [2.05, 4.69) is 12.2 Å². The number of benzene rings is 1. The highest BCUT2D eigenvalue weighted by molar-refractivity contribution is 5.74. The first-order valence-corrected chi connectivity index (χ1v) is 7.86. The lowest BCUT2D eigenvalue weighted by molar-refractivity contribution is 0.158. The Morgan fingerprint density at radius 3 is 2.67 bits per heavy atom. The fraction of sp³-hybridized carbons (Fsp3) is 0.588. The predicted octanol–water partition coefficient (Wildman–Crippen LogP) is 3.56. The van der Waals surface area contributed by atoms with E-state index in [4.69, 9.17) is 4.74 Å². The summed E-state index contributed by atoms with van der Waals surface area (Å²) in [4.78, 5) is 14.1. The van der Waals surface area contributed by atoms with Crippen LogP contribution in [0.4, 0.5) is 4.79 Å². The molecule has 0 aliphatic carbocycles. The molecular formula is C17H26N2O2. The third-order valence-electron chi connectivity index (χ3n) is 3.80. The van der Waals surface area contributed by atoms with Gasteiger partial charge in [-0.15, -0.1) is 0 Å². The van der Waals surface area contributed by atoms with Gasteiger partial charge in [0, 0.05) is 19.1 Å². The van der Waals surface area contributed by atoms with E-state index in [0.717, 1.165) is 30.7 Å². The number of piperidine rings is 1. The van der Waals surface area contributed by atoms with Crippen molar-refractivity contribution in [3.8, 4) is 5.75 Å². The number of amides is 2. The Hall–Kier alpha value is -1.71. The molecule has 1 fully saturated rings. The number of rotatable bonds is 4. The molecule has 1 aliphatic heterocycles. The maximum absolute atomic E-state index is 12.2. The summed E-state index contributed by atoms with van der Waals surface area (Å²) in [5.41, 5.74) is 1.09. The minimum absolute atomic E-state index is 0.0460. The van der Waals surface area contributed by atoms with Crippen molar-refractivity contribution in [2.24, 2.45) is 0 Å². The summed E-state index contributed by atoms with van der Waals surface area (Å²) in [5.74, 6) is 0.865. The zero-order chi connectivity index (χ0) is 15.2. The molecule has 21 heavy (non-hydrogen) atoms. The second kappa shape index (κ2) is 7.34. The highest BCUT2D eigenvalue weighted by Gasteiger charge is 2.22. The molecule has 4 heteroatoms. The van der Waals surface area contributed by atoms with Crippen molar-refractivity contribution < 1.29 is 9.53 Å². The van der Waals surface area contributed by atoms with Crippen LogP contribution in [0.3, 0.4) is 0 Å². The molecule has 0 bridgehead atoms. The molecule has 1 heterocycles. The Labute approximate surface area is 127 Å². The largest absolute Gasteiger partial charge is 0.491 e. The Bertz CT molecular complexity index is 456. The van der Waals surface area contributed by atoms with E-state index in [9.17, 15) is 4.79 Å². The standard InChI is InChI=1S/C17H26N2O2/c1-13(2)21-16-9-7-15(8-10-16)12-18-17(20)19-11-5-4-6-14(19)3/h7-10,13-14H,4-6,11-12H2,1-3H3,(H,18,20). The number of nitrogens with one attached hydrogen (secondary N) is 1. The number of carbonyl (C=O) groups excluding carboxylic acids is 1. The third kappa shape index (κ3) is 4.66. The van der Waals surface area contributed by atoms with Gasteiger partial charge in [-0.05, 0) is 57.7 Å². The van der Waals surface area contributed by atoms with Gasteiger partial charge >= 0.3 is 6.03 Å². The van der Waals surface area contributed by atoms with Gasteiger partial charge in [0.15, 0.2) is 0 Å². The number of carbonyl (C=O) groups is 1. The molecule has 2 rings (SSSR count). The summed E-state index contributed by atoms with van der Waals surface area (Å²) in [6, 6.07) is 8.29. The van der Waals surface area contributed by atoms with Crippen molar-refractivity contribution in [1.82, 2.24) is 10.2 Å². The van der Waals surface area contributed by atoms with Crippen LogP contribution in [0, 0.1) is 0 Å². The molecule has 0 aromatic heterocycles. The fourth-order valence-corrected chi connectivity index (χ4v) is 2.64.